The summed E-state index contributed by atoms with van der Waals surface area (Å²) in [5.41, 5.74) is 11.4. The van der Waals surface area contributed by atoms with Crippen molar-refractivity contribution in [2.75, 3.05) is 39.5 Å². The van der Waals surface area contributed by atoms with Crippen molar-refractivity contribution in [1.29, 1.82) is 0 Å². The van der Waals surface area contributed by atoms with E-state index in [0.29, 0.717) is 26.4 Å². The molecule has 0 aromatic carbocycles. The quantitative estimate of drug-likeness (QED) is 0.237. The fourth-order valence-corrected chi connectivity index (χ4v) is 5.59. The van der Waals surface area contributed by atoms with E-state index in [4.69, 9.17) is 24.7 Å². The van der Waals surface area contributed by atoms with E-state index in [9.17, 15) is 0 Å². The minimum absolute atomic E-state index is 0.190. The van der Waals surface area contributed by atoms with E-state index in [2.05, 4.69) is 5.32 Å². The molecule has 25 heavy (non-hydrogen) atoms. The molecule has 7 heteroatoms. The average Bonchev–Trinajstić information content (AvgIpc) is 2.57. The molecule has 0 rings (SSSR count). The van der Waals surface area contributed by atoms with Gasteiger partial charge in [0.25, 0.3) is 0 Å². The van der Waals surface area contributed by atoms with Gasteiger partial charge in [-0.05, 0) is 53.1 Å². The first-order valence-corrected chi connectivity index (χ1v) is 12.2. The molecule has 0 aliphatic rings. The maximum Gasteiger partial charge on any atom is 0.500 e. The van der Waals surface area contributed by atoms with Crippen LogP contribution >= 0.6 is 0 Å². The molecule has 0 spiro atoms. The van der Waals surface area contributed by atoms with Gasteiger partial charge < -0.3 is 30.1 Å². The summed E-state index contributed by atoms with van der Waals surface area (Å²) in [6, 6.07) is 1.12. The largest absolute Gasteiger partial charge is 0.500 e. The van der Waals surface area contributed by atoms with Gasteiger partial charge in [0.2, 0.25) is 0 Å². The Morgan fingerprint density at radius 1 is 0.840 bits per heavy atom. The molecular formula is C18H43N3O3Si. The third-order valence-electron chi connectivity index (χ3n) is 4.12. The van der Waals surface area contributed by atoms with Crippen LogP contribution in [0.1, 0.15) is 65.7 Å². The van der Waals surface area contributed by atoms with Gasteiger partial charge in [0.15, 0.2) is 0 Å². The molecule has 6 nitrogen and oxygen atoms in total. The van der Waals surface area contributed by atoms with Crippen LogP contribution in [0, 0.1) is 0 Å². The zero-order valence-corrected chi connectivity index (χ0v) is 17.9. The monoisotopic (exact) mass is 377 g/mol. The zero-order valence-electron chi connectivity index (χ0n) is 16.9. The Balaban J connectivity index is 3.65. The molecule has 0 saturated heterocycles. The minimum Gasteiger partial charge on any atom is -0.374 e. The van der Waals surface area contributed by atoms with Crippen molar-refractivity contribution in [2.24, 2.45) is 11.5 Å². The molecule has 0 aliphatic heterocycles. The van der Waals surface area contributed by atoms with Crippen molar-refractivity contribution in [3.8, 4) is 0 Å². The van der Waals surface area contributed by atoms with Crippen LogP contribution in [0.4, 0.5) is 0 Å². The molecule has 0 bridgehead atoms. The van der Waals surface area contributed by atoms with Gasteiger partial charge in [-0.1, -0.05) is 25.7 Å². The third-order valence-corrected chi connectivity index (χ3v) is 7.27. The highest BCUT2D eigenvalue weighted by Gasteiger charge is 2.39. The molecule has 0 radical (unpaired) electrons. The minimum atomic E-state index is -2.43. The first-order chi connectivity index (χ1) is 12.1. The molecule has 0 amide bonds. The van der Waals surface area contributed by atoms with E-state index in [0.717, 1.165) is 32.0 Å². The van der Waals surface area contributed by atoms with Gasteiger partial charge in [0.05, 0.1) is 0 Å². The van der Waals surface area contributed by atoms with Crippen molar-refractivity contribution in [3.63, 3.8) is 0 Å². The molecule has 0 aromatic rings. The second-order valence-corrected chi connectivity index (χ2v) is 9.13. The smallest absolute Gasteiger partial charge is 0.374 e. The molecule has 0 heterocycles. The van der Waals surface area contributed by atoms with Gasteiger partial charge >= 0.3 is 8.80 Å². The van der Waals surface area contributed by atoms with Crippen molar-refractivity contribution >= 4 is 8.80 Å². The highest BCUT2D eigenvalue weighted by molar-refractivity contribution is 6.60. The van der Waals surface area contributed by atoms with Crippen LogP contribution in [0.5, 0.6) is 0 Å². The van der Waals surface area contributed by atoms with Crippen molar-refractivity contribution in [1.82, 2.24) is 5.32 Å². The molecule has 1 unspecified atom stereocenters. The number of unbranched alkanes of at least 4 members (excludes halogenated alkanes) is 5. The van der Waals surface area contributed by atoms with Gasteiger partial charge in [0.1, 0.15) is 0 Å². The van der Waals surface area contributed by atoms with Gasteiger partial charge in [-0.3, -0.25) is 0 Å². The molecule has 0 fully saturated rings. The van der Waals surface area contributed by atoms with Crippen molar-refractivity contribution in [3.05, 3.63) is 0 Å². The molecule has 0 aliphatic carbocycles. The number of nitrogens with two attached hydrogens (primary N) is 2. The summed E-state index contributed by atoms with van der Waals surface area (Å²) < 4.78 is 17.7. The molecule has 0 aromatic heterocycles. The summed E-state index contributed by atoms with van der Waals surface area (Å²) >= 11 is 0. The lowest BCUT2D eigenvalue weighted by atomic mass is 10.1. The number of hydrogen-bond donors (Lipinski definition) is 3. The predicted molar refractivity (Wildman–Crippen MR) is 108 cm³/mol. The predicted octanol–water partition coefficient (Wildman–Crippen LogP) is 2.64. The maximum absolute atomic E-state index is 5.91. The summed E-state index contributed by atoms with van der Waals surface area (Å²) in [5, 5.41) is 3.41. The fourth-order valence-electron chi connectivity index (χ4n) is 2.90. The normalized spacial score (nSPS) is 13.3. The molecule has 0 saturated carbocycles. The Kier molecular flexibility index (Phi) is 17.4. The standard InChI is InChI=1S/C18H43N3O3Si/c1-4-22-25(23-5-2,24-6-3)16-12-10-8-7-9-11-15-21-17-18(20)13-14-19/h18,21H,4-17,19-20H2,1-3H3. The number of rotatable bonds is 19. The highest BCUT2D eigenvalue weighted by atomic mass is 28.4. The summed E-state index contributed by atoms with van der Waals surface area (Å²) in [6.07, 6.45) is 8.26. The number of hydrogen-bond acceptors (Lipinski definition) is 6. The topological polar surface area (TPSA) is 91.8 Å². The SMILES string of the molecule is CCO[Si](CCCCCCCCNCC(N)CCN)(OCC)OCC. The Bertz CT molecular complexity index is 269. The molecule has 5 N–H and O–H groups in total. The second-order valence-electron chi connectivity index (χ2n) is 6.39. The van der Waals surface area contributed by atoms with Crippen LogP contribution in [0.3, 0.4) is 0 Å². The lowest BCUT2D eigenvalue weighted by Crippen LogP contribution is -2.45. The van der Waals surface area contributed by atoms with E-state index >= 15 is 0 Å². The van der Waals surface area contributed by atoms with Gasteiger partial charge in [0, 0.05) is 38.5 Å². The molecule has 1 atom stereocenters. The van der Waals surface area contributed by atoms with E-state index in [-0.39, 0.29) is 6.04 Å². The summed E-state index contributed by atoms with van der Waals surface area (Å²) in [5.74, 6) is 0. The van der Waals surface area contributed by atoms with Crippen molar-refractivity contribution in [2.45, 2.75) is 77.8 Å². The van der Waals surface area contributed by atoms with E-state index in [1.165, 1.54) is 32.1 Å². The van der Waals surface area contributed by atoms with Crippen LogP contribution < -0.4 is 16.8 Å². The van der Waals surface area contributed by atoms with Crippen LogP contribution in [-0.4, -0.2) is 54.3 Å². The summed E-state index contributed by atoms with van der Waals surface area (Å²) in [6.45, 7) is 10.6. The summed E-state index contributed by atoms with van der Waals surface area (Å²) in [7, 11) is -2.43. The van der Waals surface area contributed by atoms with Crippen LogP contribution in [0.15, 0.2) is 0 Å². The van der Waals surface area contributed by atoms with Gasteiger partial charge in [-0.2, -0.15) is 0 Å². The lowest BCUT2D eigenvalue weighted by molar-refractivity contribution is 0.0706. The van der Waals surface area contributed by atoms with Crippen molar-refractivity contribution < 1.29 is 13.3 Å². The second kappa shape index (κ2) is 17.4. The fraction of sp³-hybridized carbons (Fsp3) is 1.00. The zero-order chi connectivity index (χ0) is 18.8. The van der Waals surface area contributed by atoms with Crippen LogP contribution in [-0.2, 0) is 13.3 Å². The Hall–Kier alpha value is -0.0231. The van der Waals surface area contributed by atoms with E-state index < -0.39 is 8.80 Å². The van der Waals surface area contributed by atoms with Crippen LogP contribution in [0.2, 0.25) is 6.04 Å². The Labute approximate surface area is 156 Å². The van der Waals surface area contributed by atoms with Gasteiger partial charge in [-0.15, -0.1) is 0 Å². The first-order valence-electron chi connectivity index (χ1n) is 10.2. The van der Waals surface area contributed by atoms with E-state index in [1.807, 2.05) is 20.8 Å². The molecular weight excluding hydrogens is 334 g/mol. The number of nitrogens with one attached hydrogen (secondary N) is 1. The first kappa shape index (κ1) is 25.0. The summed E-state index contributed by atoms with van der Waals surface area (Å²) in [4.78, 5) is 0. The molecule has 152 valence electrons. The Morgan fingerprint density at radius 3 is 1.88 bits per heavy atom. The van der Waals surface area contributed by atoms with E-state index in [1.54, 1.807) is 0 Å². The average molecular weight is 378 g/mol. The maximum atomic E-state index is 5.91. The highest BCUT2D eigenvalue weighted by Crippen LogP contribution is 2.20. The lowest BCUT2D eigenvalue weighted by Gasteiger charge is -2.28. The van der Waals surface area contributed by atoms with Gasteiger partial charge in [-0.25, -0.2) is 0 Å². The Morgan fingerprint density at radius 2 is 1.36 bits per heavy atom. The third kappa shape index (κ3) is 13.8. The van der Waals surface area contributed by atoms with Crippen LogP contribution in [0.25, 0.3) is 0 Å².